The van der Waals surface area contributed by atoms with E-state index >= 15 is 0 Å². The van der Waals surface area contributed by atoms with Crippen molar-refractivity contribution < 1.29 is 8.42 Å². The molecule has 1 fully saturated rings. The molecule has 0 saturated carbocycles. The Labute approximate surface area is 111 Å². The van der Waals surface area contributed by atoms with Crippen LogP contribution in [0.1, 0.15) is 31.9 Å². The summed E-state index contributed by atoms with van der Waals surface area (Å²) >= 11 is 0.782. The van der Waals surface area contributed by atoms with E-state index in [4.69, 9.17) is 0 Å². The van der Waals surface area contributed by atoms with Crippen molar-refractivity contribution in [1.82, 2.24) is 9.29 Å². The van der Waals surface area contributed by atoms with Gasteiger partial charge in [0.05, 0.1) is 0 Å². The molecule has 1 saturated heterocycles. The second-order valence-corrected chi connectivity index (χ2v) is 7.98. The lowest BCUT2D eigenvalue weighted by Crippen LogP contribution is -2.32. The molecule has 2 rings (SSSR count). The van der Waals surface area contributed by atoms with Crippen molar-refractivity contribution in [3.63, 3.8) is 0 Å². The molecule has 18 heavy (non-hydrogen) atoms. The van der Waals surface area contributed by atoms with Gasteiger partial charge in [-0.25, -0.2) is 8.42 Å². The second-order valence-electron chi connectivity index (χ2n) is 4.87. The lowest BCUT2D eigenvalue weighted by atomic mass is 10.0. The summed E-state index contributed by atoms with van der Waals surface area (Å²) < 4.78 is 26.6. The monoisotopic (exact) mass is 290 g/mol. The molecule has 0 aliphatic carbocycles. The smallest absolute Gasteiger partial charge is 0.305 e. The van der Waals surface area contributed by atoms with Gasteiger partial charge in [0.1, 0.15) is 0 Å². The van der Waals surface area contributed by atoms with Gasteiger partial charge in [-0.1, -0.05) is 18.3 Å². The number of hydrogen-bond acceptors (Lipinski definition) is 4. The summed E-state index contributed by atoms with van der Waals surface area (Å²) in [5, 5.41) is 0. The molecule has 1 unspecified atom stereocenters. The topological polar surface area (TPSA) is 70.2 Å². The molecule has 1 aromatic heterocycles. The first-order valence-corrected chi connectivity index (χ1v) is 8.37. The number of H-pyrrole nitrogens is 1. The standard InChI is InChI=1S/C11H18N2O3S2/c1-8-4-3-6-13(7-5-8)18(15,16)10-9(2)12-11(14)17-10/h8H,3-7H2,1-2H3,(H,12,14). The number of nitrogens with one attached hydrogen (secondary N) is 1. The van der Waals surface area contributed by atoms with Crippen molar-refractivity contribution >= 4 is 21.4 Å². The highest BCUT2D eigenvalue weighted by molar-refractivity contribution is 7.91. The Morgan fingerprint density at radius 2 is 2.06 bits per heavy atom. The number of thiazole rings is 1. The average Bonchev–Trinajstić information content (AvgIpc) is 2.49. The van der Waals surface area contributed by atoms with E-state index in [0.717, 1.165) is 30.6 Å². The number of aromatic amines is 1. The van der Waals surface area contributed by atoms with Crippen LogP contribution in [0.3, 0.4) is 0 Å². The maximum Gasteiger partial charge on any atom is 0.305 e. The molecule has 2 heterocycles. The normalized spacial score (nSPS) is 22.9. The number of rotatable bonds is 2. The second kappa shape index (κ2) is 5.14. The largest absolute Gasteiger partial charge is 0.315 e. The maximum atomic E-state index is 12.5. The highest BCUT2D eigenvalue weighted by Crippen LogP contribution is 2.25. The highest BCUT2D eigenvalue weighted by Gasteiger charge is 2.29. The van der Waals surface area contributed by atoms with Crippen molar-refractivity contribution in [2.45, 2.75) is 37.3 Å². The Morgan fingerprint density at radius 3 is 2.67 bits per heavy atom. The maximum absolute atomic E-state index is 12.5. The van der Waals surface area contributed by atoms with E-state index in [1.165, 1.54) is 4.31 Å². The van der Waals surface area contributed by atoms with Gasteiger partial charge in [0.2, 0.25) is 0 Å². The first kappa shape index (κ1) is 13.8. The van der Waals surface area contributed by atoms with E-state index in [-0.39, 0.29) is 9.08 Å². The molecule has 0 bridgehead atoms. The molecule has 1 atom stereocenters. The summed E-state index contributed by atoms with van der Waals surface area (Å²) in [5.74, 6) is 0.566. The lowest BCUT2D eigenvalue weighted by molar-refractivity contribution is 0.417. The van der Waals surface area contributed by atoms with Gasteiger partial charge in [-0.2, -0.15) is 4.31 Å². The summed E-state index contributed by atoms with van der Waals surface area (Å²) in [7, 11) is -3.50. The fourth-order valence-electron chi connectivity index (χ4n) is 2.23. The van der Waals surface area contributed by atoms with Crippen LogP contribution in [0.15, 0.2) is 9.00 Å². The van der Waals surface area contributed by atoms with Crippen LogP contribution in [0.4, 0.5) is 0 Å². The first-order valence-electron chi connectivity index (χ1n) is 6.11. The van der Waals surface area contributed by atoms with Gasteiger partial charge >= 0.3 is 4.87 Å². The van der Waals surface area contributed by atoms with E-state index in [1.807, 2.05) is 0 Å². The number of hydrogen-bond donors (Lipinski definition) is 1. The van der Waals surface area contributed by atoms with Crippen molar-refractivity contribution in [2.75, 3.05) is 13.1 Å². The Kier molecular flexibility index (Phi) is 3.93. The molecule has 102 valence electrons. The van der Waals surface area contributed by atoms with Crippen LogP contribution in [0.2, 0.25) is 0 Å². The molecule has 7 heteroatoms. The number of sulfonamides is 1. The SMILES string of the molecule is Cc1[nH]c(=O)sc1S(=O)(=O)N1CCCC(C)CC1. The summed E-state index contributed by atoms with van der Waals surface area (Å²) in [6.45, 7) is 4.88. The third-order valence-electron chi connectivity index (χ3n) is 3.33. The van der Waals surface area contributed by atoms with Crippen molar-refractivity contribution in [3.05, 3.63) is 15.4 Å². The fraction of sp³-hybridized carbons (Fsp3) is 0.727. The zero-order valence-corrected chi connectivity index (χ0v) is 12.2. The van der Waals surface area contributed by atoms with E-state index in [2.05, 4.69) is 11.9 Å². The number of nitrogens with zero attached hydrogens (tertiary/aromatic N) is 1. The summed E-state index contributed by atoms with van der Waals surface area (Å²) in [6.07, 6.45) is 2.84. The predicted molar refractivity (Wildman–Crippen MR) is 71.5 cm³/mol. The van der Waals surface area contributed by atoms with Crippen LogP contribution in [0.25, 0.3) is 0 Å². The van der Waals surface area contributed by atoms with Crippen LogP contribution in [0, 0.1) is 12.8 Å². The zero-order chi connectivity index (χ0) is 13.3. The van der Waals surface area contributed by atoms with Crippen LogP contribution >= 0.6 is 11.3 Å². The number of aryl methyl sites for hydroxylation is 1. The average molecular weight is 290 g/mol. The van der Waals surface area contributed by atoms with E-state index in [9.17, 15) is 13.2 Å². The summed E-state index contributed by atoms with van der Waals surface area (Å²) in [4.78, 5) is 13.5. The van der Waals surface area contributed by atoms with Gasteiger partial charge in [-0.15, -0.1) is 0 Å². The third kappa shape index (κ3) is 2.67. The molecule has 0 radical (unpaired) electrons. The highest BCUT2D eigenvalue weighted by atomic mass is 32.2. The molecular formula is C11H18N2O3S2. The van der Waals surface area contributed by atoms with Gasteiger partial charge in [0.15, 0.2) is 4.21 Å². The molecule has 1 aliphatic heterocycles. The van der Waals surface area contributed by atoms with Gasteiger partial charge < -0.3 is 4.98 Å². The molecule has 1 N–H and O–H groups in total. The Bertz CT molecular complexity index is 573. The van der Waals surface area contributed by atoms with E-state index in [0.29, 0.717) is 24.7 Å². The molecular weight excluding hydrogens is 272 g/mol. The summed E-state index contributed by atoms with van der Waals surface area (Å²) in [5.41, 5.74) is 0.447. The molecule has 1 aromatic rings. The predicted octanol–water partition coefficient (Wildman–Crippen LogP) is 1.56. The first-order chi connectivity index (χ1) is 8.41. The Morgan fingerprint density at radius 1 is 1.33 bits per heavy atom. The van der Waals surface area contributed by atoms with Crippen LogP contribution < -0.4 is 4.87 Å². The van der Waals surface area contributed by atoms with Crippen LogP contribution in [0.5, 0.6) is 0 Å². The molecule has 0 aromatic carbocycles. The van der Waals surface area contributed by atoms with Gasteiger partial charge in [-0.3, -0.25) is 4.79 Å². The van der Waals surface area contributed by atoms with Gasteiger partial charge in [0.25, 0.3) is 10.0 Å². The number of aromatic nitrogens is 1. The molecule has 1 aliphatic rings. The minimum Gasteiger partial charge on any atom is -0.315 e. The minimum atomic E-state index is -3.50. The van der Waals surface area contributed by atoms with Gasteiger partial charge in [0, 0.05) is 18.8 Å². The molecule has 5 nitrogen and oxygen atoms in total. The molecule has 0 amide bonds. The fourth-order valence-corrected chi connectivity index (χ4v) is 5.16. The van der Waals surface area contributed by atoms with Crippen LogP contribution in [-0.4, -0.2) is 30.8 Å². The Hall–Kier alpha value is -0.660. The van der Waals surface area contributed by atoms with Crippen LogP contribution in [-0.2, 0) is 10.0 Å². The quantitative estimate of drug-likeness (QED) is 0.898. The minimum absolute atomic E-state index is 0.169. The van der Waals surface area contributed by atoms with Crippen molar-refractivity contribution in [3.8, 4) is 0 Å². The molecule has 0 spiro atoms. The van der Waals surface area contributed by atoms with E-state index < -0.39 is 10.0 Å². The van der Waals surface area contributed by atoms with E-state index in [1.54, 1.807) is 6.92 Å². The summed E-state index contributed by atoms with van der Waals surface area (Å²) in [6, 6.07) is 0. The van der Waals surface area contributed by atoms with Gasteiger partial charge in [-0.05, 0) is 32.1 Å². The lowest BCUT2D eigenvalue weighted by Gasteiger charge is -2.19. The third-order valence-corrected chi connectivity index (χ3v) is 6.81. The van der Waals surface area contributed by atoms with Crippen molar-refractivity contribution in [1.29, 1.82) is 0 Å². The van der Waals surface area contributed by atoms with Crippen molar-refractivity contribution in [2.24, 2.45) is 5.92 Å². The zero-order valence-electron chi connectivity index (χ0n) is 10.6. The Balaban J connectivity index is 2.31.